The number of alkyl carbamates (subject to hydrolysis) is 1. The zero-order chi connectivity index (χ0) is 40.2. The Morgan fingerprint density at radius 1 is 0.929 bits per heavy atom. The number of pyridine rings is 1. The number of piperidine rings is 1. The summed E-state index contributed by atoms with van der Waals surface area (Å²) in [5.41, 5.74) is 3.56. The standard InChI is InChI=1S/C42H50FN7O6/c1-41(2,3)56-40(52)47-42(39(51)48(4)5)18-9-19-49(25-42)33-16-12-28(29-13-17-34(54-7)32(43)21-29)20-30(33)24-50-26-46-36-37(50)35(55-8)23-45-38(36)44-22-27-10-14-31(53-6)15-11-27/h10-17,20-21,23,26H,9,18-19,22,24-25H2,1-8H3,(H,44,45)(H,47,52). The lowest BCUT2D eigenvalue weighted by atomic mass is 9.86. The number of amides is 2. The minimum atomic E-state index is -1.25. The number of likely N-dealkylation sites (N-methyl/N-ethyl adjacent to an activating group) is 1. The Balaban J connectivity index is 1.41. The first-order valence-corrected chi connectivity index (χ1v) is 18.4. The van der Waals surface area contributed by atoms with Crippen LogP contribution in [0, 0.1) is 5.82 Å². The number of rotatable bonds is 12. The Hall–Kier alpha value is -6.05. The van der Waals surface area contributed by atoms with Gasteiger partial charge in [0.25, 0.3) is 0 Å². The van der Waals surface area contributed by atoms with E-state index in [1.807, 2.05) is 53.1 Å². The smallest absolute Gasteiger partial charge is 0.408 e. The number of nitrogens with one attached hydrogen (secondary N) is 2. The van der Waals surface area contributed by atoms with E-state index in [1.54, 1.807) is 67.7 Å². The number of imidazole rings is 1. The van der Waals surface area contributed by atoms with Crippen molar-refractivity contribution >= 4 is 34.5 Å². The number of ether oxygens (including phenoxy) is 4. The van der Waals surface area contributed by atoms with Gasteiger partial charge in [-0.1, -0.05) is 24.3 Å². The lowest BCUT2D eigenvalue weighted by Crippen LogP contribution is -2.66. The van der Waals surface area contributed by atoms with Gasteiger partial charge < -0.3 is 43.9 Å². The molecule has 1 saturated heterocycles. The number of anilines is 2. The van der Waals surface area contributed by atoms with Crippen LogP contribution in [-0.4, -0.2) is 91.1 Å². The van der Waals surface area contributed by atoms with E-state index in [2.05, 4.69) is 20.5 Å². The molecule has 5 aromatic rings. The molecule has 14 heteroatoms. The molecule has 2 amide bonds. The first-order chi connectivity index (χ1) is 26.7. The molecule has 0 aliphatic carbocycles. The first-order valence-electron chi connectivity index (χ1n) is 18.4. The zero-order valence-electron chi connectivity index (χ0n) is 33.2. The summed E-state index contributed by atoms with van der Waals surface area (Å²) in [5, 5.41) is 6.38. The van der Waals surface area contributed by atoms with Crippen LogP contribution in [0.15, 0.2) is 73.2 Å². The minimum Gasteiger partial charge on any atom is -0.497 e. The number of benzene rings is 3. The predicted octanol–water partition coefficient (Wildman–Crippen LogP) is 6.88. The van der Waals surface area contributed by atoms with Gasteiger partial charge in [-0.05, 0) is 92.3 Å². The summed E-state index contributed by atoms with van der Waals surface area (Å²) >= 11 is 0. The summed E-state index contributed by atoms with van der Waals surface area (Å²) in [6.07, 6.45) is 3.81. The molecule has 296 valence electrons. The maximum atomic E-state index is 15.0. The van der Waals surface area contributed by atoms with Gasteiger partial charge in [-0.3, -0.25) is 4.79 Å². The lowest BCUT2D eigenvalue weighted by Gasteiger charge is -2.44. The number of fused-ring (bicyclic) bond motifs is 1. The summed E-state index contributed by atoms with van der Waals surface area (Å²) in [6.45, 7) is 7.02. The van der Waals surface area contributed by atoms with Crippen molar-refractivity contribution in [3.05, 3.63) is 90.1 Å². The number of halogens is 1. The molecule has 3 heterocycles. The van der Waals surface area contributed by atoms with Crippen LogP contribution in [0.2, 0.25) is 0 Å². The van der Waals surface area contributed by atoms with Gasteiger partial charge in [-0.15, -0.1) is 0 Å². The topological polar surface area (TPSA) is 132 Å². The number of hydrogen-bond donors (Lipinski definition) is 2. The second kappa shape index (κ2) is 16.4. The maximum absolute atomic E-state index is 15.0. The molecule has 0 saturated carbocycles. The molecule has 3 aromatic carbocycles. The van der Waals surface area contributed by atoms with E-state index >= 15 is 0 Å². The molecule has 1 aliphatic rings. The quantitative estimate of drug-likeness (QED) is 0.139. The summed E-state index contributed by atoms with van der Waals surface area (Å²) in [6, 6.07) is 18.6. The number of carbonyl (C=O) groups excluding carboxylic acids is 2. The lowest BCUT2D eigenvalue weighted by molar-refractivity contribution is -0.136. The van der Waals surface area contributed by atoms with Crippen LogP contribution >= 0.6 is 0 Å². The summed E-state index contributed by atoms with van der Waals surface area (Å²) in [7, 11) is 8.02. The van der Waals surface area contributed by atoms with Crippen LogP contribution in [0.1, 0.15) is 44.7 Å². The molecule has 1 unspecified atom stereocenters. The zero-order valence-corrected chi connectivity index (χ0v) is 33.2. The van der Waals surface area contributed by atoms with E-state index in [0.717, 1.165) is 33.6 Å². The van der Waals surface area contributed by atoms with Crippen molar-refractivity contribution in [2.24, 2.45) is 0 Å². The largest absolute Gasteiger partial charge is 0.497 e. The van der Waals surface area contributed by atoms with Gasteiger partial charge in [0.05, 0.1) is 46.9 Å². The number of nitrogens with zero attached hydrogens (tertiary/aromatic N) is 5. The molecule has 56 heavy (non-hydrogen) atoms. The molecular weight excluding hydrogens is 718 g/mol. The normalized spacial score (nSPS) is 15.6. The molecule has 2 N–H and O–H groups in total. The maximum Gasteiger partial charge on any atom is 0.408 e. The van der Waals surface area contributed by atoms with E-state index < -0.39 is 23.1 Å². The molecular formula is C42H50FN7O6. The predicted molar refractivity (Wildman–Crippen MR) is 214 cm³/mol. The third-order valence-electron chi connectivity index (χ3n) is 9.74. The van der Waals surface area contributed by atoms with Crippen LogP contribution in [0.5, 0.6) is 17.2 Å². The van der Waals surface area contributed by atoms with Crippen molar-refractivity contribution < 1.29 is 32.9 Å². The fourth-order valence-corrected chi connectivity index (χ4v) is 7.14. The molecule has 0 radical (unpaired) electrons. The minimum absolute atomic E-state index is 0.153. The molecule has 1 atom stereocenters. The van der Waals surface area contributed by atoms with E-state index in [-0.39, 0.29) is 18.2 Å². The molecule has 6 rings (SSSR count). The van der Waals surface area contributed by atoms with Crippen molar-refractivity contribution in [1.82, 2.24) is 24.8 Å². The number of aromatic nitrogens is 3. The van der Waals surface area contributed by atoms with Crippen LogP contribution in [-0.2, 0) is 22.6 Å². The molecule has 2 aromatic heterocycles. The van der Waals surface area contributed by atoms with E-state index in [9.17, 15) is 14.0 Å². The van der Waals surface area contributed by atoms with Gasteiger partial charge in [0.1, 0.15) is 27.9 Å². The fourth-order valence-electron chi connectivity index (χ4n) is 7.14. The van der Waals surface area contributed by atoms with Crippen LogP contribution in [0.4, 0.5) is 20.7 Å². The second-order valence-electron chi connectivity index (χ2n) is 15.1. The summed E-state index contributed by atoms with van der Waals surface area (Å²) in [5.74, 6) is 1.36. The molecule has 0 bridgehead atoms. The van der Waals surface area contributed by atoms with E-state index in [4.69, 9.17) is 23.9 Å². The van der Waals surface area contributed by atoms with Crippen molar-refractivity contribution in [3.8, 4) is 28.4 Å². The average molecular weight is 768 g/mol. The first kappa shape index (κ1) is 39.6. The third kappa shape index (κ3) is 8.59. The van der Waals surface area contributed by atoms with Crippen LogP contribution < -0.4 is 29.7 Å². The summed E-state index contributed by atoms with van der Waals surface area (Å²) < 4.78 is 38.9. The number of hydrogen-bond acceptors (Lipinski definition) is 10. The Morgan fingerprint density at radius 2 is 1.64 bits per heavy atom. The highest BCUT2D eigenvalue weighted by atomic mass is 19.1. The average Bonchev–Trinajstić information content (AvgIpc) is 3.59. The SMILES string of the molecule is COc1ccc(CNc2ncc(OC)c3c2ncn3Cc2cc(-c3ccc(OC)c(F)c3)ccc2N2CCCC(NC(=O)OC(C)(C)C)(C(=O)N(C)C)C2)cc1. The Morgan fingerprint density at radius 3 is 2.30 bits per heavy atom. The monoisotopic (exact) mass is 767 g/mol. The van der Waals surface area contributed by atoms with Gasteiger partial charge in [0.2, 0.25) is 5.91 Å². The van der Waals surface area contributed by atoms with Gasteiger partial charge in [0, 0.05) is 32.9 Å². The highest BCUT2D eigenvalue weighted by Gasteiger charge is 2.46. The van der Waals surface area contributed by atoms with Crippen molar-refractivity contribution in [3.63, 3.8) is 0 Å². The molecule has 13 nitrogen and oxygen atoms in total. The number of methoxy groups -OCH3 is 3. The second-order valence-corrected chi connectivity index (χ2v) is 15.1. The Bertz CT molecular complexity index is 2200. The van der Waals surface area contributed by atoms with Crippen molar-refractivity contribution in [1.29, 1.82) is 0 Å². The Kier molecular flexibility index (Phi) is 11.6. The highest BCUT2D eigenvalue weighted by molar-refractivity contribution is 5.92. The summed E-state index contributed by atoms with van der Waals surface area (Å²) in [4.78, 5) is 40.2. The van der Waals surface area contributed by atoms with Crippen LogP contribution in [0.3, 0.4) is 0 Å². The van der Waals surface area contributed by atoms with Gasteiger partial charge >= 0.3 is 6.09 Å². The Labute approximate surface area is 326 Å². The van der Waals surface area contributed by atoms with Gasteiger partial charge in [-0.2, -0.15) is 0 Å². The van der Waals surface area contributed by atoms with Gasteiger partial charge in [0.15, 0.2) is 23.1 Å². The number of carbonyl (C=O) groups is 2. The van der Waals surface area contributed by atoms with E-state index in [1.165, 1.54) is 18.1 Å². The van der Waals surface area contributed by atoms with E-state index in [0.29, 0.717) is 55.1 Å². The fraction of sp³-hybridized carbons (Fsp3) is 0.381. The van der Waals surface area contributed by atoms with Crippen molar-refractivity contribution in [2.45, 2.75) is 57.8 Å². The highest BCUT2D eigenvalue weighted by Crippen LogP contribution is 2.36. The molecule has 1 fully saturated rings. The van der Waals surface area contributed by atoms with Crippen LogP contribution in [0.25, 0.3) is 22.2 Å². The third-order valence-corrected chi connectivity index (χ3v) is 9.74. The molecule has 0 spiro atoms. The molecule has 1 aliphatic heterocycles. The van der Waals surface area contributed by atoms with Gasteiger partial charge in [-0.25, -0.2) is 19.2 Å². The van der Waals surface area contributed by atoms with Crippen molar-refractivity contribution in [2.75, 3.05) is 58.7 Å².